The molecule has 0 fully saturated rings. The molecule has 0 aromatic heterocycles. The Morgan fingerprint density at radius 3 is 2.07 bits per heavy atom. The number of hydrogen-bond acceptors (Lipinski definition) is 5. The molecule has 0 saturated carbocycles. The highest BCUT2D eigenvalue weighted by atomic mass is 16.5. The van der Waals surface area contributed by atoms with Crippen LogP contribution in [0.4, 0.5) is 27.5 Å². The van der Waals surface area contributed by atoms with Crippen LogP contribution in [-0.2, 0) is 14.4 Å². The summed E-state index contributed by atoms with van der Waals surface area (Å²) in [4.78, 5) is 54.3. The first-order chi connectivity index (χ1) is 20.8. The Labute approximate surface area is 250 Å². The Bertz CT molecular complexity index is 1560. The van der Waals surface area contributed by atoms with Crippen molar-refractivity contribution >= 4 is 46.5 Å². The van der Waals surface area contributed by atoms with E-state index in [0.29, 0.717) is 28.5 Å². The molecule has 0 aliphatic carbocycles. The smallest absolute Gasteiger partial charge is 0.319 e. The molecule has 4 rings (SSSR count). The van der Waals surface area contributed by atoms with Crippen molar-refractivity contribution in [2.75, 3.05) is 47.2 Å². The third-order valence-electron chi connectivity index (χ3n) is 6.34. The number of nitrogens with zero attached hydrogens (tertiary/aromatic N) is 2. The highest BCUT2D eigenvalue weighted by molar-refractivity contribution is 6.05. The van der Waals surface area contributed by atoms with Gasteiger partial charge in [-0.15, -0.1) is 0 Å². The first kappa shape index (κ1) is 30.3. The van der Waals surface area contributed by atoms with Crippen LogP contribution in [0.2, 0.25) is 0 Å². The lowest BCUT2D eigenvalue weighted by Crippen LogP contribution is -2.46. The number of amides is 5. The lowest BCUT2D eigenvalue weighted by molar-refractivity contribution is -0.121. The minimum atomic E-state index is -0.562. The van der Waals surface area contributed by atoms with Gasteiger partial charge < -0.3 is 30.5 Å². The molecule has 0 spiro atoms. The molecule has 4 aromatic rings. The van der Waals surface area contributed by atoms with Gasteiger partial charge in [0.15, 0.2) is 6.61 Å². The number of nitrogens with one attached hydrogen (secondary N) is 3. The van der Waals surface area contributed by atoms with E-state index in [2.05, 4.69) is 16.0 Å². The van der Waals surface area contributed by atoms with Crippen LogP contribution in [0.3, 0.4) is 0 Å². The average molecular weight is 580 g/mol. The molecule has 220 valence electrons. The molecule has 3 N–H and O–H groups in total. The summed E-state index contributed by atoms with van der Waals surface area (Å²) in [5.41, 5.74) is 3.23. The molecule has 0 radical (unpaired) electrons. The summed E-state index contributed by atoms with van der Waals surface area (Å²) in [5.74, 6) is -0.897. The van der Waals surface area contributed by atoms with E-state index in [9.17, 15) is 19.2 Å². The number of rotatable bonds is 11. The molecular formula is C33H33N5O5. The Morgan fingerprint density at radius 1 is 0.698 bits per heavy atom. The van der Waals surface area contributed by atoms with E-state index in [4.69, 9.17) is 4.74 Å². The van der Waals surface area contributed by atoms with E-state index in [0.717, 1.165) is 5.56 Å². The van der Waals surface area contributed by atoms with E-state index in [-0.39, 0.29) is 31.5 Å². The van der Waals surface area contributed by atoms with E-state index >= 15 is 0 Å². The maximum atomic E-state index is 13.4. The van der Waals surface area contributed by atoms with Gasteiger partial charge in [0.05, 0.1) is 6.54 Å². The first-order valence-corrected chi connectivity index (χ1v) is 13.6. The highest BCUT2D eigenvalue weighted by Gasteiger charge is 2.23. The maximum absolute atomic E-state index is 13.4. The number of urea groups is 1. The molecule has 0 saturated heterocycles. The monoisotopic (exact) mass is 579 g/mol. The van der Waals surface area contributed by atoms with Crippen molar-refractivity contribution in [2.24, 2.45) is 0 Å². The summed E-state index contributed by atoms with van der Waals surface area (Å²) in [7, 11) is 1.62. The fourth-order valence-electron chi connectivity index (χ4n) is 4.12. The van der Waals surface area contributed by atoms with Crippen LogP contribution in [0.25, 0.3) is 0 Å². The summed E-state index contributed by atoms with van der Waals surface area (Å²) in [6, 6.07) is 31.3. The van der Waals surface area contributed by atoms with Crippen LogP contribution in [0.15, 0.2) is 109 Å². The Morgan fingerprint density at radius 2 is 1.35 bits per heavy atom. The predicted octanol–water partition coefficient (Wildman–Crippen LogP) is 4.83. The minimum Gasteiger partial charge on any atom is -0.484 e. The van der Waals surface area contributed by atoms with Crippen LogP contribution < -0.4 is 30.5 Å². The van der Waals surface area contributed by atoms with E-state index in [1.165, 1.54) is 9.80 Å². The lowest BCUT2D eigenvalue weighted by atomic mass is 10.2. The number of ether oxygens (including phenoxy) is 1. The zero-order chi connectivity index (χ0) is 30.6. The van der Waals surface area contributed by atoms with E-state index in [1.807, 2.05) is 55.5 Å². The topological polar surface area (TPSA) is 120 Å². The molecule has 0 bridgehead atoms. The van der Waals surface area contributed by atoms with Gasteiger partial charge in [-0.05, 0) is 61.0 Å². The van der Waals surface area contributed by atoms with Crippen LogP contribution in [-0.4, -0.2) is 50.5 Å². The van der Waals surface area contributed by atoms with Crippen molar-refractivity contribution in [1.82, 2.24) is 5.32 Å². The Balaban J connectivity index is 1.46. The summed E-state index contributed by atoms with van der Waals surface area (Å²) >= 11 is 0. The van der Waals surface area contributed by atoms with Gasteiger partial charge >= 0.3 is 6.03 Å². The molecular weight excluding hydrogens is 546 g/mol. The second kappa shape index (κ2) is 14.8. The molecule has 5 amide bonds. The molecule has 0 atom stereocenters. The second-order valence-electron chi connectivity index (χ2n) is 9.65. The summed E-state index contributed by atoms with van der Waals surface area (Å²) in [6.45, 7) is 0.970. The van der Waals surface area contributed by atoms with Crippen molar-refractivity contribution < 1.29 is 23.9 Å². The van der Waals surface area contributed by atoms with Gasteiger partial charge in [-0.3, -0.25) is 14.4 Å². The Hall–Kier alpha value is -5.64. The van der Waals surface area contributed by atoms with Gasteiger partial charge in [0.25, 0.3) is 5.91 Å². The van der Waals surface area contributed by atoms with Gasteiger partial charge in [-0.2, -0.15) is 0 Å². The van der Waals surface area contributed by atoms with Gasteiger partial charge in [0, 0.05) is 35.9 Å². The molecule has 10 heteroatoms. The molecule has 0 heterocycles. The highest BCUT2D eigenvalue weighted by Crippen LogP contribution is 2.22. The predicted molar refractivity (Wildman–Crippen MR) is 167 cm³/mol. The average Bonchev–Trinajstić information content (AvgIpc) is 3.02. The third-order valence-corrected chi connectivity index (χ3v) is 6.34. The number of likely N-dealkylation sites (N-methyl/N-ethyl adjacent to an activating group) is 1. The fourth-order valence-corrected chi connectivity index (χ4v) is 4.12. The van der Waals surface area contributed by atoms with Crippen LogP contribution >= 0.6 is 0 Å². The quantitative estimate of drug-likeness (QED) is 0.235. The SMILES string of the molecule is Cc1cccc(NC(=O)NCC(=O)N(CC(=O)N(C)c2ccccc2)c2cccc(OCC(=O)Nc3ccccc3)c2)c1. The van der Waals surface area contributed by atoms with Crippen molar-refractivity contribution in [3.05, 3.63) is 115 Å². The van der Waals surface area contributed by atoms with Gasteiger partial charge in [-0.1, -0.05) is 54.6 Å². The molecule has 0 unspecified atom stereocenters. The molecule has 0 aliphatic rings. The molecule has 10 nitrogen and oxygen atoms in total. The van der Waals surface area contributed by atoms with Gasteiger partial charge in [0.1, 0.15) is 12.3 Å². The van der Waals surface area contributed by atoms with Crippen LogP contribution in [0.5, 0.6) is 5.75 Å². The van der Waals surface area contributed by atoms with Crippen molar-refractivity contribution in [3.63, 3.8) is 0 Å². The van der Waals surface area contributed by atoms with Crippen molar-refractivity contribution in [1.29, 1.82) is 0 Å². The fraction of sp³-hybridized carbons (Fsp3) is 0.152. The molecule has 43 heavy (non-hydrogen) atoms. The minimum absolute atomic E-state index is 0.261. The number of carbonyl (C=O) groups excluding carboxylic acids is 4. The van der Waals surface area contributed by atoms with Crippen LogP contribution in [0, 0.1) is 6.92 Å². The number of carbonyl (C=O) groups is 4. The zero-order valence-corrected chi connectivity index (χ0v) is 23.9. The van der Waals surface area contributed by atoms with Crippen molar-refractivity contribution in [3.8, 4) is 5.75 Å². The second-order valence-corrected chi connectivity index (χ2v) is 9.65. The number of benzene rings is 4. The van der Waals surface area contributed by atoms with Gasteiger partial charge in [0.2, 0.25) is 11.8 Å². The number of anilines is 4. The van der Waals surface area contributed by atoms with Crippen LogP contribution in [0.1, 0.15) is 5.56 Å². The normalized spacial score (nSPS) is 10.3. The standard InChI is InChI=1S/C33H33N5O5/c1-24-11-9-14-26(19-24)36-33(42)34-21-31(40)38(22-32(41)37(2)27-15-7-4-8-16-27)28-17-10-18-29(20-28)43-23-30(39)35-25-12-5-3-6-13-25/h3-20H,21-23H2,1-2H3,(H,35,39)(H2,34,36,42). The molecule has 4 aromatic carbocycles. The summed E-state index contributed by atoms with van der Waals surface area (Å²) in [6.07, 6.45) is 0. The number of para-hydroxylation sites is 2. The zero-order valence-electron chi connectivity index (χ0n) is 23.9. The maximum Gasteiger partial charge on any atom is 0.319 e. The molecule has 0 aliphatic heterocycles. The van der Waals surface area contributed by atoms with Crippen molar-refractivity contribution in [2.45, 2.75) is 6.92 Å². The van der Waals surface area contributed by atoms with E-state index in [1.54, 1.807) is 67.7 Å². The first-order valence-electron chi connectivity index (χ1n) is 13.6. The number of aryl methyl sites for hydroxylation is 1. The summed E-state index contributed by atoms with van der Waals surface area (Å²) < 4.78 is 5.68. The van der Waals surface area contributed by atoms with Gasteiger partial charge in [-0.25, -0.2) is 4.79 Å². The third kappa shape index (κ3) is 9.19. The Kier molecular flexibility index (Phi) is 10.5. The lowest BCUT2D eigenvalue weighted by Gasteiger charge is -2.26. The summed E-state index contributed by atoms with van der Waals surface area (Å²) in [5, 5.41) is 8.00. The van der Waals surface area contributed by atoms with E-state index < -0.39 is 11.9 Å². The largest absolute Gasteiger partial charge is 0.484 e. The number of hydrogen-bond donors (Lipinski definition) is 3.